The van der Waals surface area contributed by atoms with Gasteiger partial charge in [-0.2, -0.15) is 9.41 Å². The van der Waals surface area contributed by atoms with Crippen LogP contribution in [0.1, 0.15) is 50.5 Å². The van der Waals surface area contributed by atoms with Gasteiger partial charge in [0.15, 0.2) is 0 Å². The molecule has 1 saturated carbocycles. The van der Waals surface area contributed by atoms with E-state index >= 15 is 0 Å². The SMILES string of the molecule is O=C(CCc1ccc(S(=O)(=O)N2CCOCC2)cc1)NN=C1CCCCCC1. The van der Waals surface area contributed by atoms with Gasteiger partial charge in [-0.1, -0.05) is 25.0 Å². The Morgan fingerprint density at radius 2 is 1.68 bits per heavy atom. The summed E-state index contributed by atoms with van der Waals surface area (Å²) in [5.41, 5.74) is 4.68. The standard InChI is InChI=1S/C20H29N3O4S/c24-20(22-21-18-5-3-1-2-4-6-18)12-9-17-7-10-19(11-8-17)28(25,26)23-13-15-27-16-14-23/h7-8,10-11H,1-6,9,12-16H2,(H,22,24). The lowest BCUT2D eigenvalue weighted by atomic mass is 10.1. The fourth-order valence-corrected chi connectivity index (χ4v) is 4.88. The molecule has 28 heavy (non-hydrogen) atoms. The molecule has 1 aromatic carbocycles. The number of ether oxygens (including phenoxy) is 1. The number of rotatable bonds is 6. The lowest BCUT2D eigenvalue weighted by molar-refractivity contribution is -0.121. The van der Waals surface area contributed by atoms with Crippen molar-refractivity contribution in [3.63, 3.8) is 0 Å². The third-order valence-corrected chi connectivity index (χ3v) is 7.10. The number of hydrogen-bond donors (Lipinski definition) is 1. The van der Waals surface area contributed by atoms with Gasteiger partial charge in [0.05, 0.1) is 18.1 Å². The van der Waals surface area contributed by atoms with Crippen LogP contribution in [0.4, 0.5) is 0 Å². The van der Waals surface area contributed by atoms with E-state index in [2.05, 4.69) is 10.5 Å². The zero-order valence-electron chi connectivity index (χ0n) is 16.2. The largest absolute Gasteiger partial charge is 0.379 e. The molecule has 0 atom stereocenters. The van der Waals surface area contributed by atoms with E-state index in [1.807, 2.05) is 0 Å². The molecule has 0 radical (unpaired) electrons. The minimum atomic E-state index is -3.48. The first-order valence-electron chi connectivity index (χ1n) is 10.1. The number of nitrogens with one attached hydrogen (secondary N) is 1. The lowest BCUT2D eigenvalue weighted by Crippen LogP contribution is -2.40. The molecule has 0 bridgehead atoms. The van der Waals surface area contributed by atoms with Crippen molar-refractivity contribution in [1.29, 1.82) is 0 Å². The molecule has 7 nitrogen and oxygen atoms in total. The Morgan fingerprint density at radius 3 is 2.32 bits per heavy atom. The van der Waals surface area contributed by atoms with E-state index in [0.717, 1.165) is 37.0 Å². The Hall–Kier alpha value is -1.77. The molecule has 1 amide bonds. The zero-order chi connectivity index (χ0) is 19.8. The number of morpholine rings is 1. The van der Waals surface area contributed by atoms with Gasteiger partial charge in [-0.15, -0.1) is 0 Å². The average molecular weight is 408 g/mol. The summed E-state index contributed by atoms with van der Waals surface area (Å²) in [4.78, 5) is 12.3. The average Bonchev–Trinajstić information content (AvgIpc) is 3.00. The Bertz CT molecular complexity index is 774. The van der Waals surface area contributed by atoms with Crippen LogP contribution in [0.2, 0.25) is 0 Å². The highest BCUT2D eigenvalue weighted by Gasteiger charge is 2.26. The second-order valence-corrected chi connectivity index (χ2v) is 9.23. The van der Waals surface area contributed by atoms with Crippen molar-refractivity contribution in [3.8, 4) is 0 Å². The van der Waals surface area contributed by atoms with Gasteiger partial charge in [0.1, 0.15) is 0 Å². The van der Waals surface area contributed by atoms with Crippen LogP contribution in [0.25, 0.3) is 0 Å². The van der Waals surface area contributed by atoms with Crippen LogP contribution < -0.4 is 5.43 Å². The summed E-state index contributed by atoms with van der Waals surface area (Å²) < 4.78 is 31.9. The molecule has 1 N–H and O–H groups in total. The molecule has 154 valence electrons. The number of nitrogens with zero attached hydrogens (tertiary/aromatic N) is 2. The molecule has 1 aliphatic heterocycles. The summed E-state index contributed by atoms with van der Waals surface area (Å²) in [7, 11) is -3.48. The van der Waals surface area contributed by atoms with Gasteiger partial charge in [-0.05, 0) is 49.8 Å². The van der Waals surface area contributed by atoms with Gasteiger partial charge in [0.2, 0.25) is 15.9 Å². The van der Waals surface area contributed by atoms with Gasteiger partial charge in [0.25, 0.3) is 0 Å². The molecular formula is C20H29N3O4S. The summed E-state index contributed by atoms with van der Waals surface area (Å²) >= 11 is 0. The summed E-state index contributed by atoms with van der Waals surface area (Å²) in [5, 5.41) is 4.28. The predicted octanol–water partition coefficient (Wildman–Crippen LogP) is 2.47. The molecule has 0 spiro atoms. The van der Waals surface area contributed by atoms with E-state index in [9.17, 15) is 13.2 Å². The van der Waals surface area contributed by atoms with Crippen LogP contribution in [0.5, 0.6) is 0 Å². The number of hydrazone groups is 1. The van der Waals surface area contributed by atoms with E-state index in [0.29, 0.717) is 39.1 Å². The Kier molecular flexibility index (Phi) is 7.58. The molecule has 0 aromatic heterocycles. The zero-order valence-corrected chi connectivity index (χ0v) is 17.0. The molecule has 1 aromatic rings. The van der Waals surface area contributed by atoms with Gasteiger partial charge >= 0.3 is 0 Å². The van der Waals surface area contributed by atoms with Crippen LogP contribution in [0.15, 0.2) is 34.3 Å². The van der Waals surface area contributed by atoms with Crippen molar-refractivity contribution in [1.82, 2.24) is 9.73 Å². The van der Waals surface area contributed by atoms with Crippen molar-refractivity contribution in [2.45, 2.75) is 56.3 Å². The minimum absolute atomic E-state index is 0.109. The Morgan fingerprint density at radius 1 is 1.04 bits per heavy atom. The smallest absolute Gasteiger partial charge is 0.243 e. The van der Waals surface area contributed by atoms with E-state index in [-0.39, 0.29) is 10.8 Å². The third-order valence-electron chi connectivity index (χ3n) is 5.19. The van der Waals surface area contributed by atoms with Crippen LogP contribution in [0, 0.1) is 0 Å². The monoisotopic (exact) mass is 407 g/mol. The predicted molar refractivity (Wildman–Crippen MR) is 108 cm³/mol. The first-order chi connectivity index (χ1) is 13.6. The van der Waals surface area contributed by atoms with E-state index in [1.54, 1.807) is 24.3 Å². The first-order valence-corrected chi connectivity index (χ1v) is 11.5. The lowest BCUT2D eigenvalue weighted by Gasteiger charge is -2.26. The minimum Gasteiger partial charge on any atom is -0.379 e. The second-order valence-electron chi connectivity index (χ2n) is 7.29. The van der Waals surface area contributed by atoms with E-state index in [4.69, 9.17) is 4.74 Å². The molecule has 0 unspecified atom stereocenters. The highest BCUT2D eigenvalue weighted by Crippen LogP contribution is 2.18. The van der Waals surface area contributed by atoms with Crippen LogP contribution in [0.3, 0.4) is 0 Å². The van der Waals surface area contributed by atoms with Crippen LogP contribution in [-0.4, -0.2) is 50.6 Å². The quantitative estimate of drug-likeness (QED) is 0.580. The highest BCUT2D eigenvalue weighted by molar-refractivity contribution is 7.89. The number of carbonyl (C=O) groups is 1. The summed E-state index contributed by atoms with van der Waals surface area (Å²) in [6, 6.07) is 6.78. The number of aryl methyl sites for hydroxylation is 1. The topological polar surface area (TPSA) is 88.1 Å². The van der Waals surface area contributed by atoms with Crippen molar-refractivity contribution in [2.24, 2.45) is 5.10 Å². The number of carbonyl (C=O) groups excluding carboxylic acids is 1. The van der Waals surface area contributed by atoms with Crippen molar-refractivity contribution >= 4 is 21.6 Å². The van der Waals surface area contributed by atoms with Crippen molar-refractivity contribution < 1.29 is 17.9 Å². The fraction of sp³-hybridized carbons (Fsp3) is 0.600. The van der Waals surface area contributed by atoms with Crippen LogP contribution >= 0.6 is 0 Å². The molecule has 3 rings (SSSR count). The van der Waals surface area contributed by atoms with Gasteiger partial charge in [-0.25, -0.2) is 13.8 Å². The summed E-state index contributed by atoms with van der Waals surface area (Å²) in [6.45, 7) is 1.62. The highest BCUT2D eigenvalue weighted by atomic mass is 32.2. The molecule has 1 aliphatic carbocycles. The molecule has 1 heterocycles. The Labute approximate surface area is 167 Å². The fourth-order valence-electron chi connectivity index (χ4n) is 3.47. The maximum atomic E-state index is 12.6. The van der Waals surface area contributed by atoms with Gasteiger partial charge in [0, 0.05) is 25.2 Å². The molecule has 2 aliphatic rings. The molecule has 1 saturated heterocycles. The molecular weight excluding hydrogens is 378 g/mol. The van der Waals surface area contributed by atoms with Crippen LogP contribution in [-0.2, 0) is 26.0 Å². The van der Waals surface area contributed by atoms with E-state index < -0.39 is 10.0 Å². The second kappa shape index (κ2) is 10.1. The summed E-state index contributed by atoms with van der Waals surface area (Å²) in [5.74, 6) is -0.109. The molecule has 8 heteroatoms. The summed E-state index contributed by atoms with van der Waals surface area (Å²) in [6.07, 6.45) is 7.59. The number of amides is 1. The normalized spacial score (nSPS) is 19.1. The van der Waals surface area contributed by atoms with Gasteiger partial charge < -0.3 is 4.74 Å². The van der Waals surface area contributed by atoms with Gasteiger partial charge in [-0.3, -0.25) is 4.79 Å². The van der Waals surface area contributed by atoms with E-state index in [1.165, 1.54) is 17.1 Å². The number of benzene rings is 1. The number of sulfonamides is 1. The molecule has 2 fully saturated rings. The maximum absolute atomic E-state index is 12.6. The third kappa shape index (κ3) is 5.86. The Balaban J connectivity index is 1.50. The first kappa shape index (κ1) is 21.0. The van der Waals surface area contributed by atoms with Crippen molar-refractivity contribution in [3.05, 3.63) is 29.8 Å². The maximum Gasteiger partial charge on any atom is 0.243 e. The number of hydrogen-bond acceptors (Lipinski definition) is 5. The van der Waals surface area contributed by atoms with Crippen molar-refractivity contribution in [2.75, 3.05) is 26.3 Å².